The maximum Gasteiger partial charge on any atom is 2.00 e. The van der Waals surface area contributed by atoms with Crippen LogP contribution in [0.15, 0.2) is 0 Å². The number of hydroxylamine groups is 4. The second kappa shape index (κ2) is 30.1. The molecule has 0 aromatic rings. The Bertz CT molecular complexity index is 1390. The maximum atomic E-state index is 12.0. The van der Waals surface area contributed by atoms with Crippen LogP contribution in [0.1, 0.15) is 135 Å². The molecule has 8 fully saturated rings. The van der Waals surface area contributed by atoms with Gasteiger partial charge in [-0.05, 0) is 100 Å². The molecule has 1 N–H and O–H groups in total. The van der Waals surface area contributed by atoms with Crippen molar-refractivity contribution >= 4 is 63.1 Å². The predicted molar refractivity (Wildman–Crippen MR) is 239 cm³/mol. The van der Waals surface area contributed by atoms with Crippen LogP contribution in [-0.2, 0) is 69.8 Å². The van der Waals surface area contributed by atoms with E-state index in [1.165, 1.54) is 124 Å². The average molecular weight is 967 g/mol. The van der Waals surface area contributed by atoms with Gasteiger partial charge in [0.25, 0.3) is 23.6 Å². The molecule has 4 bridgehead atoms. The molecule has 0 aromatic heterocycles. The molecule has 0 unspecified atom stereocenters. The molecule has 6 saturated carbocycles. The monoisotopic (exact) mass is 966 g/mol. The van der Waals surface area contributed by atoms with Gasteiger partial charge in [-0.3, -0.25) is 24.0 Å². The molecular weight excluding hydrogens is 892 g/mol. The summed E-state index contributed by atoms with van der Waals surface area (Å²) in [5, 5.41) is 4.05. The van der Waals surface area contributed by atoms with Gasteiger partial charge < -0.3 is 44.2 Å². The van der Waals surface area contributed by atoms with E-state index in [0.29, 0.717) is 35.3 Å². The molecular formula is C45H74FeN4O11S2. The third kappa shape index (κ3) is 20.1. The minimum absolute atomic E-state index is 0. The minimum Gasteiger partial charge on any atom is -0.378 e. The number of nitrogens with zero attached hydrogens (tertiary/aromatic N) is 3. The smallest absolute Gasteiger partial charge is 0.378 e. The van der Waals surface area contributed by atoms with Gasteiger partial charge in [0.15, 0.2) is 0 Å². The largest absolute Gasteiger partial charge is 2.00 e. The van der Waals surface area contributed by atoms with Crippen molar-refractivity contribution in [2.24, 2.45) is 29.1 Å². The normalized spacial score (nSPS) is 24.5. The summed E-state index contributed by atoms with van der Waals surface area (Å²) in [5.74, 6) is 0.535. The number of likely N-dealkylation sites (N-methyl/N-ethyl adjacent to an activating group) is 1. The number of amides is 5. The molecule has 18 heteroatoms. The second-order valence-electron chi connectivity index (χ2n) is 17.8. The molecule has 63 heavy (non-hydrogen) atoms. The van der Waals surface area contributed by atoms with Gasteiger partial charge in [0.05, 0.1) is 25.6 Å². The van der Waals surface area contributed by atoms with E-state index < -0.39 is 35.6 Å². The molecule has 0 atom stereocenters. The molecule has 2 aliphatic heterocycles. The fourth-order valence-corrected chi connectivity index (χ4v) is 11.9. The van der Waals surface area contributed by atoms with Gasteiger partial charge in [-0.1, -0.05) is 66.5 Å². The SMILES string of the molecule is C1CCCC1.CN(CCOCCOCC(=O)ON1C(=O)CCC1=O)CC1CCCC1.O=C(CSSCC(=O)ON1C(=O)CCC1=O)NCCCC12CC3CC(CC(C3)C1)C2.[CH3-].[CH3-].[Fe+2]. The van der Waals surface area contributed by atoms with Gasteiger partial charge in [-0.25, -0.2) is 9.59 Å². The molecule has 2 saturated heterocycles. The summed E-state index contributed by atoms with van der Waals surface area (Å²) in [6.07, 6.45) is 24.1. The Balaban J connectivity index is 0.000000378. The van der Waals surface area contributed by atoms with Crippen LogP contribution in [0.25, 0.3) is 0 Å². The minimum atomic E-state index is -0.764. The van der Waals surface area contributed by atoms with E-state index in [2.05, 4.69) is 22.1 Å². The van der Waals surface area contributed by atoms with E-state index in [4.69, 9.17) is 14.3 Å². The van der Waals surface area contributed by atoms with Crippen LogP contribution in [-0.4, -0.2) is 121 Å². The van der Waals surface area contributed by atoms with Crippen LogP contribution < -0.4 is 5.32 Å². The first-order valence-electron chi connectivity index (χ1n) is 22.5. The predicted octanol–water partition coefficient (Wildman–Crippen LogP) is 6.69. The van der Waals surface area contributed by atoms with E-state index in [1.807, 2.05) is 0 Å². The van der Waals surface area contributed by atoms with E-state index >= 15 is 0 Å². The Morgan fingerprint density at radius 2 is 1.16 bits per heavy atom. The third-order valence-corrected chi connectivity index (χ3v) is 14.8. The zero-order valence-corrected chi connectivity index (χ0v) is 40.8. The molecule has 5 amide bonds. The molecule has 2 heterocycles. The summed E-state index contributed by atoms with van der Waals surface area (Å²) in [5.41, 5.74) is 0.558. The van der Waals surface area contributed by atoms with Crippen molar-refractivity contribution in [2.75, 3.05) is 64.6 Å². The van der Waals surface area contributed by atoms with Crippen molar-refractivity contribution in [3.63, 3.8) is 0 Å². The van der Waals surface area contributed by atoms with E-state index in [0.717, 1.165) is 43.2 Å². The van der Waals surface area contributed by atoms with Crippen molar-refractivity contribution in [3.05, 3.63) is 14.9 Å². The van der Waals surface area contributed by atoms with Crippen molar-refractivity contribution in [3.8, 4) is 0 Å². The summed E-state index contributed by atoms with van der Waals surface area (Å²) in [7, 11) is 4.56. The molecule has 15 nitrogen and oxygen atoms in total. The molecule has 6 aliphatic carbocycles. The summed E-state index contributed by atoms with van der Waals surface area (Å²) < 4.78 is 10.6. The number of carbonyl (C=O) groups is 7. The Morgan fingerprint density at radius 3 is 1.68 bits per heavy atom. The van der Waals surface area contributed by atoms with Crippen LogP contribution >= 0.6 is 21.6 Å². The van der Waals surface area contributed by atoms with Crippen LogP contribution in [0, 0.1) is 43.9 Å². The summed E-state index contributed by atoms with van der Waals surface area (Å²) in [6.45, 7) is 3.65. The molecule has 8 aliphatic rings. The Hall–Kier alpha value is -2.21. The van der Waals surface area contributed by atoms with Crippen LogP contribution in [0.4, 0.5) is 0 Å². The van der Waals surface area contributed by atoms with Crippen molar-refractivity contribution in [2.45, 2.75) is 135 Å². The first kappa shape index (κ1) is 56.9. The van der Waals surface area contributed by atoms with E-state index in [9.17, 15) is 33.6 Å². The van der Waals surface area contributed by atoms with E-state index in [1.54, 1.807) is 0 Å². The van der Waals surface area contributed by atoms with Crippen LogP contribution in [0.3, 0.4) is 0 Å². The number of hydrogen-bond acceptors (Lipinski definition) is 14. The number of hydrogen-bond donors (Lipinski definition) is 1. The van der Waals surface area contributed by atoms with Gasteiger partial charge in [-0.2, -0.15) is 0 Å². The Labute approximate surface area is 394 Å². The van der Waals surface area contributed by atoms with Crippen molar-refractivity contribution in [1.29, 1.82) is 0 Å². The van der Waals surface area contributed by atoms with Gasteiger partial charge in [-0.15, -0.1) is 10.1 Å². The number of imide groups is 2. The molecule has 8 rings (SSSR count). The van der Waals surface area contributed by atoms with Crippen LogP contribution in [0.2, 0.25) is 0 Å². The first-order valence-corrected chi connectivity index (χ1v) is 25.0. The topological polar surface area (TPSA) is 178 Å². The molecule has 0 radical (unpaired) electrons. The average Bonchev–Trinajstić information content (AvgIpc) is 4.06. The summed E-state index contributed by atoms with van der Waals surface area (Å²) in [6, 6.07) is 0. The van der Waals surface area contributed by atoms with Crippen molar-refractivity contribution < 1.29 is 69.8 Å². The van der Waals surface area contributed by atoms with Gasteiger partial charge >= 0.3 is 29.0 Å². The standard InChI is InChI=1S/C21H30N2O5S2.C17H28N2O6.C5H10.2CH3.Fe/c24-17(12-29-30-13-20(27)28-23-18(25)2-3-19(23)26)22-5-1-4-21-9-14-6-15(10-21)8-16(7-14)11-21;1-18(12-14-4-2-3-5-14)8-9-23-10-11-24-13-17(22)25-19-15(20)6-7-16(19)21;1-2-4-5-3-1;;;/h14-16H,1-13H2,(H,22,24);14H,2-13H2,1H3;1-5H2;2*1H3;/q;;;2*-1;+2. The first-order chi connectivity index (χ1) is 29.0. The van der Waals surface area contributed by atoms with Gasteiger partial charge in [0, 0.05) is 45.3 Å². The quantitative estimate of drug-likeness (QED) is 0.0423. The number of nitrogens with one attached hydrogen (secondary N) is 1. The number of rotatable bonds is 21. The number of ether oxygens (including phenoxy) is 2. The molecule has 360 valence electrons. The fourth-order valence-electron chi connectivity index (χ4n) is 10.3. The third-order valence-electron chi connectivity index (χ3n) is 12.7. The van der Waals surface area contributed by atoms with E-state index in [-0.39, 0.29) is 88.2 Å². The van der Waals surface area contributed by atoms with Crippen LogP contribution in [0.5, 0.6) is 0 Å². The molecule has 0 aromatic carbocycles. The van der Waals surface area contributed by atoms with Gasteiger partial charge in [0.1, 0.15) is 12.4 Å². The number of carbonyl (C=O) groups excluding carboxylic acids is 7. The Morgan fingerprint density at radius 1 is 0.683 bits per heavy atom. The summed E-state index contributed by atoms with van der Waals surface area (Å²) >= 11 is 0. The molecule has 0 spiro atoms. The Kier molecular flexibility index (Phi) is 27.2. The maximum absolute atomic E-state index is 12.0. The zero-order chi connectivity index (χ0) is 42.7. The van der Waals surface area contributed by atoms with Gasteiger partial charge in [0.2, 0.25) is 5.91 Å². The fraction of sp³-hybridized carbons (Fsp3) is 0.800. The summed E-state index contributed by atoms with van der Waals surface area (Å²) in [4.78, 5) is 92.4. The van der Waals surface area contributed by atoms with Crippen molar-refractivity contribution in [1.82, 2.24) is 20.3 Å². The zero-order valence-electron chi connectivity index (χ0n) is 38.0. The second-order valence-corrected chi connectivity index (χ2v) is 20.3.